The molecule has 0 fully saturated rings. The van der Waals surface area contributed by atoms with E-state index in [0.717, 1.165) is 29.7 Å². The van der Waals surface area contributed by atoms with E-state index >= 15 is 0 Å². The molecule has 4 rings (SSSR count). The number of anilines is 1. The van der Waals surface area contributed by atoms with Crippen molar-refractivity contribution in [3.8, 4) is 0 Å². The van der Waals surface area contributed by atoms with E-state index in [9.17, 15) is 14.0 Å². The van der Waals surface area contributed by atoms with E-state index in [4.69, 9.17) is 0 Å². The van der Waals surface area contributed by atoms with Crippen LogP contribution in [-0.2, 0) is 24.2 Å². The predicted octanol–water partition coefficient (Wildman–Crippen LogP) is 3.14. The van der Waals surface area contributed by atoms with Crippen molar-refractivity contribution in [3.63, 3.8) is 0 Å². The molecule has 0 unspecified atom stereocenters. The number of carbonyl (C=O) groups excluding carboxylic acids is 1. The highest BCUT2D eigenvalue weighted by Gasteiger charge is 2.22. The van der Waals surface area contributed by atoms with Crippen LogP contribution in [0.5, 0.6) is 0 Å². The number of nitrogens with zero attached hydrogens (tertiary/aromatic N) is 3. The van der Waals surface area contributed by atoms with Crippen molar-refractivity contribution in [1.82, 2.24) is 9.55 Å². The molecule has 1 amide bonds. The molecule has 1 aliphatic carbocycles. The Hall–Kier alpha value is -2.54. The van der Waals surface area contributed by atoms with Gasteiger partial charge in [0.15, 0.2) is 0 Å². The normalized spacial score (nSPS) is 13.2. The number of fused-ring (bicyclic) bond motifs is 3. The van der Waals surface area contributed by atoms with Crippen molar-refractivity contribution in [2.24, 2.45) is 0 Å². The molecule has 0 atom stereocenters. The van der Waals surface area contributed by atoms with Crippen LogP contribution >= 0.6 is 11.3 Å². The van der Waals surface area contributed by atoms with Crippen LogP contribution in [0.25, 0.3) is 10.2 Å². The highest BCUT2D eigenvalue weighted by Crippen LogP contribution is 2.34. The van der Waals surface area contributed by atoms with Gasteiger partial charge in [-0.3, -0.25) is 14.2 Å². The maximum absolute atomic E-state index is 13.1. The molecule has 0 saturated heterocycles. The number of thiophene rings is 1. The van der Waals surface area contributed by atoms with E-state index in [1.54, 1.807) is 23.5 Å². The van der Waals surface area contributed by atoms with Crippen molar-refractivity contribution in [3.05, 3.63) is 57.2 Å². The van der Waals surface area contributed by atoms with Crippen LogP contribution in [0, 0.1) is 5.82 Å². The van der Waals surface area contributed by atoms with Gasteiger partial charge < -0.3 is 4.90 Å². The maximum atomic E-state index is 13.1. The first-order chi connectivity index (χ1) is 12.6. The number of carbonyl (C=O) groups is 1. The zero-order valence-corrected chi connectivity index (χ0v) is 15.2. The largest absolute Gasteiger partial charge is 0.311 e. The number of hydrogen-bond donors (Lipinski definition) is 0. The Morgan fingerprint density at radius 3 is 2.81 bits per heavy atom. The average molecular weight is 371 g/mol. The van der Waals surface area contributed by atoms with Crippen molar-refractivity contribution < 1.29 is 9.18 Å². The summed E-state index contributed by atoms with van der Waals surface area (Å²) in [5.41, 5.74) is 1.56. The lowest BCUT2D eigenvalue weighted by Gasteiger charge is -2.21. The van der Waals surface area contributed by atoms with Crippen LogP contribution in [0.3, 0.4) is 0 Å². The summed E-state index contributed by atoms with van der Waals surface area (Å²) < 4.78 is 14.5. The molecule has 0 spiro atoms. The minimum Gasteiger partial charge on any atom is -0.311 e. The van der Waals surface area contributed by atoms with Gasteiger partial charge in [-0.15, -0.1) is 11.3 Å². The molecule has 0 saturated carbocycles. The fraction of sp³-hybridized carbons (Fsp3) is 0.316. The fourth-order valence-electron chi connectivity index (χ4n) is 3.49. The molecule has 5 nitrogen and oxygen atoms in total. The summed E-state index contributed by atoms with van der Waals surface area (Å²) in [6.07, 6.45) is 4.43. The molecule has 0 radical (unpaired) electrons. The lowest BCUT2D eigenvalue weighted by molar-refractivity contribution is -0.119. The van der Waals surface area contributed by atoms with Gasteiger partial charge in [0.1, 0.15) is 17.2 Å². The molecule has 0 N–H and O–H groups in total. The van der Waals surface area contributed by atoms with E-state index in [2.05, 4.69) is 4.98 Å². The third-order valence-electron chi connectivity index (χ3n) is 4.75. The van der Waals surface area contributed by atoms with Gasteiger partial charge >= 0.3 is 0 Å². The topological polar surface area (TPSA) is 55.2 Å². The van der Waals surface area contributed by atoms with Gasteiger partial charge in [-0.25, -0.2) is 9.37 Å². The fourth-order valence-corrected chi connectivity index (χ4v) is 4.71. The van der Waals surface area contributed by atoms with Crippen LogP contribution < -0.4 is 10.5 Å². The number of hydrogen-bond acceptors (Lipinski definition) is 4. The Morgan fingerprint density at radius 2 is 2.08 bits per heavy atom. The minimum absolute atomic E-state index is 0.0857. The third-order valence-corrected chi connectivity index (χ3v) is 5.95. The van der Waals surface area contributed by atoms with Crippen LogP contribution in [0.1, 0.15) is 23.8 Å². The summed E-state index contributed by atoms with van der Waals surface area (Å²) in [7, 11) is 0. The molecule has 2 heterocycles. The molecule has 1 aliphatic rings. The van der Waals surface area contributed by atoms with Gasteiger partial charge in [0.25, 0.3) is 5.56 Å². The summed E-state index contributed by atoms with van der Waals surface area (Å²) in [4.78, 5) is 33.6. The summed E-state index contributed by atoms with van der Waals surface area (Å²) >= 11 is 1.58. The second-order valence-electron chi connectivity index (χ2n) is 6.33. The molecule has 1 aromatic carbocycles. The second kappa shape index (κ2) is 6.64. The quantitative estimate of drug-likeness (QED) is 0.708. The number of likely N-dealkylation sites (N-methyl/N-ethyl adjacent to an activating group) is 1. The SMILES string of the molecule is CCN(C(=O)Cn1cnc2sc3c(c2c1=O)CCC3)c1ccc(F)cc1. The molecule has 0 aliphatic heterocycles. The number of benzene rings is 1. The smallest absolute Gasteiger partial charge is 0.262 e. The molecular formula is C19H18FN3O2S. The molecule has 0 bridgehead atoms. The van der Waals surface area contributed by atoms with E-state index in [-0.39, 0.29) is 23.8 Å². The van der Waals surface area contributed by atoms with Gasteiger partial charge in [0.05, 0.1) is 11.7 Å². The predicted molar refractivity (Wildman–Crippen MR) is 100 cm³/mol. The summed E-state index contributed by atoms with van der Waals surface area (Å²) in [5.74, 6) is -0.580. The first-order valence-corrected chi connectivity index (χ1v) is 9.45. The van der Waals surface area contributed by atoms with E-state index in [1.165, 1.54) is 32.8 Å². The van der Waals surface area contributed by atoms with Crippen molar-refractivity contribution >= 4 is 33.1 Å². The number of aromatic nitrogens is 2. The Balaban J connectivity index is 1.66. The number of amides is 1. The van der Waals surface area contributed by atoms with Gasteiger partial charge in [-0.1, -0.05) is 0 Å². The van der Waals surface area contributed by atoms with Crippen LogP contribution in [0.4, 0.5) is 10.1 Å². The lowest BCUT2D eigenvalue weighted by Crippen LogP contribution is -2.36. The third kappa shape index (κ3) is 2.82. The molecule has 134 valence electrons. The van der Waals surface area contributed by atoms with Crippen LogP contribution in [0.2, 0.25) is 0 Å². The Bertz CT molecular complexity index is 1040. The monoisotopic (exact) mass is 371 g/mol. The molecule has 7 heteroatoms. The standard InChI is InChI=1S/C19H18FN3O2S/c1-2-23(13-8-6-12(20)7-9-13)16(24)10-22-11-21-18-17(19(22)25)14-4-3-5-15(14)26-18/h6-9,11H,2-5,10H2,1H3. The van der Waals surface area contributed by atoms with Gasteiger partial charge in [0, 0.05) is 17.1 Å². The summed E-state index contributed by atoms with van der Waals surface area (Å²) in [6.45, 7) is 2.19. The summed E-state index contributed by atoms with van der Waals surface area (Å²) in [5, 5.41) is 0.669. The summed E-state index contributed by atoms with van der Waals surface area (Å²) in [6, 6.07) is 5.76. The lowest BCUT2D eigenvalue weighted by atomic mass is 10.2. The zero-order chi connectivity index (χ0) is 18.3. The zero-order valence-electron chi connectivity index (χ0n) is 14.4. The van der Waals surface area contributed by atoms with Crippen molar-refractivity contribution in [1.29, 1.82) is 0 Å². The number of aryl methyl sites for hydroxylation is 2. The first-order valence-electron chi connectivity index (χ1n) is 8.64. The minimum atomic E-state index is -0.352. The van der Waals surface area contributed by atoms with Crippen molar-refractivity contribution in [2.75, 3.05) is 11.4 Å². The molecule has 2 aromatic heterocycles. The number of halogens is 1. The van der Waals surface area contributed by atoms with Crippen LogP contribution in [-0.4, -0.2) is 22.0 Å². The Kier molecular flexibility index (Phi) is 4.32. The second-order valence-corrected chi connectivity index (χ2v) is 7.41. The highest BCUT2D eigenvalue weighted by atomic mass is 32.1. The Labute approximate surface area is 153 Å². The van der Waals surface area contributed by atoms with Gasteiger partial charge in [-0.2, -0.15) is 0 Å². The van der Waals surface area contributed by atoms with E-state index < -0.39 is 0 Å². The maximum Gasteiger partial charge on any atom is 0.262 e. The highest BCUT2D eigenvalue weighted by molar-refractivity contribution is 7.18. The van der Waals surface area contributed by atoms with Gasteiger partial charge in [0.2, 0.25) is 5.91 Å². The number of rotatable bonds is 4. The molecular weight excluding hydrogens is 353 g/mol. The Morgan fingerprint density at radius 1 is 1.31 bits per heavy atom. The van der Waals surface area contributed by atoms with Crippen molar-refractivity contribution in [2.45, 2.75) is 32.7 Å². The van der Waals surface area contributed by atoms with E-state index in [0.29, 0.717) is 17.6 Å². The molecule has 3 aromatic rings. The molecule has 26 heavy (non-hydrogen) atoms. The van der Waals surface area contributed by atoms with E-state index in [1.807, 2.05) is 6.92 Å². The average Bonchev–Trinajstić information content (AvgIpc) is 3.20. The first kappa shape index (κ1) is 16.9. The van der Waals surface area contributed by atoms with Gasteiger partial charge in [-0.05, 0) is 56.0 Å². The van der Waals surface area contributed by atoms with Crippen LogP contribution in [0.15, 0.2) is 35.4 Å².